The van der Waals surface area contributed by atoms with Crippen LogP contribution in [0.3, 0.4) is 0 Å². The summed E-state index contributed by atoms with van der Waals surface area (Å²) in [6, 6.07) is 8.55. The zero-order chi connectivity index (χ0) is 16.2. The van der Waals surface area contributed by atoms with Gasteiger partial charge in [0.25, 0.3) is 0 Å². The molecule has 3 rings (SSSR count). The van der Waals surface area contributed by atoms with E-state index >= 15 is 0 Å². The first-order chi connectivity index (χ1) is 11.2. The number of esters is 1. The van der Waals surface area contributed by atoms with Crippen molar-refractivity contribution in [2.45, 2.75) is 0 Å². The number of benzene rings is 1. The molecule has 0 atom stereocenters. The van der Waals surface area contributed by atoms with Gasteiger partial charge in [-0.3, -0.25) is 0 Å². The smallest absolute Gasteiger partial charge is 0.363 e. The van der Waals surface area contributed by atoms with E-state index < -0.39 is 5.97 Å². The largest absolute Gasteiger partial charge is 0.493 e. The number of nitrogens with zero attached hydrogens (tertiary/aromatic N) is 2. The number of methoxy groups -OCH3 is 1. The van der Waals surface area contributed by atoms with Crippen LogP contribution >= 0.6 is 22.7 Å². The number of rotatable bonds is 4. The highest BCUT2D eigenvalue weighted by Crippen LogP contribution is 2.30. The lowest BCUT2D eigenvalue weighted by atomic mass is 10.2. The molecule has 2 aromatic heterocycles. The van der Waals surface area contributed by atoms with Crippen molar-refractivity contribution in [3.8, 4) is 28.1 Å². The molecule has 0 aliphatic rings. The summed E-state index contributed by atoms with van der Waals surface area (Å²) in [5, 5.41) is 15.2. The van der Waals surface area contributed by atoms with Gasteiger partial charge in [-0.25, -0.2) is 9.78 Å². The molecule has 0 bridgehead atoms. The second-order valence-electron chi connectivity index (χ2n) is 4.42. The number of carbonyl (C=O) groups excluding carboxylic acids is 1. The quantitative estimate of drug-likeness (QED) is 0.530. The molecule has 2 heterocycles. The van der Waals surface area contributed by atoms with Crippen molar-refractivity contribution in [1.82, 2.24) is 4.98 Å². The lowest BCUT2D eigenvalue weighted by Crippen LogP contribution is -2.09. The van der Waals surface area contributed by atoms with Gasteiger partial charge in [-0.2, -0.15) is 16.6 Å². The molecule has 0 amide bonds. The third-order valence-corrected chi connectivity index (χ3v) is 4.55. The first-order valence-corrected chi connectivity index (χ1v) is 8.32. The monoisotopic (exact) mass is 342 g/mol. The summed E-state index contributed by atoms with van der Waals surface area (Å²) < 4.78 is 10.5. The van der Waals surface area contributed by atoms with E-state index in [1.54, 1.807) is 22.8 Å². The Bertz CT molecular complexity index is 879. The number of thiophene rings is 1. The van der Waals surface area contributed by atoms with Crippen LogP contribution in [0.4, 0.5) is 0 Å². The zero-order valence-electron chi connectivity index (χ0n) is 12.0. The molecule has 0 N–H and O–H groups in total. The molecular formula is C16H10N2O3S2. The SMILES string of the molecule is COc1cc(C#N)ccc1OC(=O)c1csc(-c2ccsc2)n1. The molecule has 0 fully saturated rings. The molecule has 0 saturated heterocycles. The average Bonchev–Trinajstić information content (AvgIpc) is 3.26. The highest BCUT2D eigenvalue weighted by atomic mass is 32.1. The fraction of sp³-hybridized carbons (Fsp3) is 0.0625. The highest BCUT2D eigenvalue weighted by molar-refractivity contribution is 7.14. The molecular weight excluding hydrogens is 332 g/mol. The molecule has 114 valence electrons. The Morgan fingerprint density at radius 2 is 2.13 bits per heavy atom. The Kier molecular flexibility index (Phi) is 4.37. The summed E-state index contributed by atoms with van der Waals surface area (Å²) in [5.41, 5.74) is 1.65. The third-order valence-electron chi connectivity index (χ3n) is 2.98. The van der Waals surface area contributed by atoms with Gasteiger partial charge >= 0.3 is 5.97 Å². The van der Waals surface area contributed by atoms with Crippen LogP contribution in [0, 0.1) is 11.3 Å². The number of aromatic nitrogens is 1. The molecule has 7 heteroatoms. The Balaban J connectivity index is 1.81. The molecule has 0 aliphatic heterocycles. The van der Waals surface area contributed by atoms with Gasteiger partial charge < -0.3 is 9.47 Å². The lowest BCUT2D eigenvalue weighted by molar-refractivity contribution is 0.0724. The second-order valence-corrected chi connectivity index (χ2v) is 6.06. The van der Waals surface area contributed by atoms with Crippen molar-refractivity contribution in [1.29, 1.82) is 5.26 Å². The number of nitriles is 1. The molecule has 1 aromatic carbocycles. The molecule has 0 radical (unpaired) electrons. The van der Waals surface area contributed by atoms with Gasteiger partial charge in [0.15, 0.2) is 17.2 Å². The Hall–Kier alpha value is -2.69. The van der Waals surface area contributed by atoms with Crippen LogP contribution in [-0.2, 0) is 0 Å². The first kappa shape index (κ1) is 15.2. The molecule has 5 nitrogen and oxygen atoms in total. The van der Waals surface area contributed by atoms with Gasteiger partial charge in [-0.1, -0.05) is 0 Å². The molecule has 0 spiro atoms. The number of carbonyl (C=O) groups is 1. The van der Waals surface area contributed by atoms with E-state index in [0.717, 1.165) is 10.6 Å². The van der Waals surface area contributed by atoms with Crippen molar-refractivity contribution >= 4 is 28.6 Å². The lowest BCUT2D eigenvalue weighted by Gasteiger charge is -2.08. The topological polar surface area (TPSA) is 72.2 Å². The number of ether oxygens (including phenoxy) is 2. The standard InChI is InChI=1S/C16H10N2O3S2/c1-20-14-6-10(7-17)2-3-13(14)21-16(19)12-9-23-15(18-12)11-4-5-22-8-11/h2-6,8-9H,1H3. The van der Waals surface area contributed by atoms with Gasteiger partial charge in [-0.15, -0.1) is 11.3 Å². The Morgan fingerprint density at radius 1 is 1.26 bits per heavy atom. The van der Waals surface area contributed by atoms with Gasteiger partial charge in [0.2, 0.25) is 0 Å². The molecule has 23 heavy (non-hydrogen) atoms. The summed E-state index contributed by atoms with van der Waals surface area (Å²) in [7, 11) is 1.45. The van der Waals surface area contributed by atoms with E-state index in [1.165, 1.54) is 30.6 Å². The Morgan fingerprint density at radius 3 is 2.83 bits per heavy atom. The van der Waals surface area contributed by atoms with Gasteiger partial charge in [0, 0.05) is 22.4 Å². The molecule has 0 unspecified atom stereocenters. The van der Waals surface area contributed by atoms with Crippen LogP contribution < -0.4 is 9.47 Å². The minimum absolute atomic E-state index is 0.239. The predicted molar refractivity (Wildman–Crippen MR) is 88.1 cm³/mol. The van der Waals surface area contributed by atoms with Crippen LogP contribution in [0.25, 0.3) is 10.6 Å². The van der Waals surface area contributed by atoms with Crippen molar-refractivity contribution in [3.05, 3.63) is 51.7 Å². The fourth-order valence-corrected chi connectivity index (χ4v) is 3.36. The van der Waals surface area contributed by atoms with Gasteiger partial charge in [0.1, 0.15) is 5.01 Å². The normalized spacial score (nSPS) is 10.1. The second kappa shape index (κ2) is 6.60. The third kappa shape index (κ3) is 3.23. The summed E-state index contributed by atoms with van der Waals surface area (Å²) in [6.45, 7) is 0. The summed E-state index contributed by atoms with van der Waals surface area (Å²) in [4.78, 5) is 16.5. The highest BCUT2D eigenvalue weighted by Gasteiger charge is 2.17. The molecule has 0 aliphatic carbocycles. The van der Waals surface area contributed by atoms with Gasteiger partial charge in [0.05, 0.1) is 18.7 Å². The predicted octanol–water partition coefficient (Wildman–Crippen LogP) is 3.97. The first-order valence-electron chi connectivity index (χ1n) is 6.49. The van der Waals surface area contributed by atoms with E-state index in [1.807, 2.05) is 22.9 Å². The minimum Gasteiger partial charge on any atom is -0.493 e. The van der Waals surface area contributed by atoms with Crippen molar-refractivity contribution in [3.63, 3.8) is 0 Å². The maximum Gasteiger partial charge on any atom is 0.363 e. The van der Waals surface area contributed by atoms with Crippen LogP contribution in [0.1, 0.15) is 16.1 Å². The number of hydrogen-bond donors (Lipinski definition) is 0. The van der Waals surface area contributed by atoms with E-state index in [4.69, 9.17) is 14.7 Å². The van der Waals surface area contributed by atoms with Crippen molar-refractivity contribution in [2.24, 2.45) is 0 Å². The van der Waals surface area contributed by atoms with Crippen LogP contribution in [0.2, 0.25) is 0 Å². The molecule has 3 aromatic rings. The maximum absolute atomic E-state index is 12.2. The Labute approximate surface area is 140 Å². The summed E-state index contributed by atoms with van der Waals surface area (Å²) in [5.74, 6) is 0.0120. The van der Waals surface area contributed by atoms with Crippen molar-refractivity contribution < 1.29 is 14.3 Å². The average molecular weight is 342 g/mol. The van der Waals surface area contributed by atoms with E-state index in [2.05, 4.69) is 4.98 Å². The van der Waals surface area contributed by atoms with Crippen LogP contribution in [0.5, 0.6) is 11.5 Å². The number of hydrogen-bond acceptors (Lipinski definition) is 7. The van der Waals surface area contributed by atoms with Crippen LogP contribution in [0.15, 0.2) is 40.4 Å². The molecule has 0 saturated carbocycles. The maximum atomic E-state index is 12.2. The van der Waals surface area contributed by atoms with E-state index in [9.17, 15) is 4.79 Å². The van der Waals surface area contributed by atoms with E-state index in [-0.39, 0.29) is 11.4 Å². The summed E-state index contributed by atoms with van der Waals surface area (Å²) >= 11 is 2.95. The zero-order valence-corrected chi connectivity index (χ0v) is 13.6. The fourth-order valence-electron chi connectivity index (χ4n) is 1.86. The van der Waals surface area contributed by atoms with Crippen LogP contribution in [-0.4, -0.2) is 18.1 Å². The van der Waals surface area contributed by atoms with Gasteiger partial charge in [-0.05, 0) is 23.6 Å². The number of thiazole rings is 1. The minimum atomic E-state index is -0.564. The van der Waals surface area contributed by atoms with E-state index in [0.29, 0.717) is 11.3 Å². The summed E-state index contributed by atoms with van der Waals surface area (Å²) in [6.07, 6.45) is 0. The van der Waals surface area contributed by atoms with Crippen molar-refractivity contribution in [2.75, 3.05) is 7.11 Å².